The van der Waals surface area contributed by atoms with Gasteiger partial charge in [0.05, 0.1) is 9.77 Å². The molecule has 1 fully saturated rings. The van der Waals surface area contributed by atoms with E-state index in [-0.39, 0.29) is 5.91 Å². The molecule has 0 bridgehead atoms. The molecule has 5 nitrogen and oxygen atoms in total. The number of hydrogen-bond donors (Lipinski definition) is 0. The Labute approximate surface area is 146 Å². The number of carbonyl (C=O) groups excluding carboxylic acids is 1. The first-order chi connectivity index (χ1) is 11.4. The third kappa shape index (κ3) is 3.79. The smallest absolute Gasteiger partial charge is 0.263 e. The van der Waals surface area contributed by atoms with Crippen molar-refractivity contribution in [1.82, 2.24) is 4.90 Å². The van der Waals surface area contributed by atoms with Crippen LogP contribution in [0.25, 0.3) is 0 Å². The van der Waals surface area contributed by atoms with Crippen LogP contribution in [0, 0.1) is 0 Å². The normalized spacial score (nSPS) is 16.0. The number of anilines is 1. The van der Waals surface area contributed by atoms with Crippen LogP contribution in [0.5, 0.6) is 0 Å². The summed E-state index contributed by atoms with van der Waals surface area (Å²) in [6, 6.07) is 10.7. The number of sulfone groups is 1. The predicted octanol–water partition coefficient (Wildman–Crippen LogP) is 2.50. The minimum Gasteiger partial charge on any atom is -0.370 e. The monoisotopic (exact) mass is 364 g/mol. The molecule has 1 aliphatic heterocycles. The van der Waals surface area contributed by atoms with Gasteiger partial charge in [-0.1, -0.05) is 6.07 Å². The van der Waals surface area contributed by atoms with Gasteiger partial charge in [0, 0.05) is 38.1 Å². The highest BCUT2D eigenvalue weighted by Crippen LogP contribution is 2.20. The van der Waals surface area contributed by atoms with Crippen molar-refractivity contribution >= 4 is 32.8 Å². The molecule has 0 N–H and O–H groups in total. The fourth-order valence-corrected chi connectivity index (χ4v) is 4.16. The standard InChI is InChI=1S/C17H20N2O3S2/c1-24(21,22)15-7-5-14(6-8-15)18-9-3-10-19(12-11-18)17(20)16-4-2-13-23-16/h2,4-8,13H,3,9-12H2,1H3. The molecular weight excluding hydrogens is 344 g/mol. The van der Waals surface area contributed by atoms with Gasteiger partial charge in [0.25, 0.3) is 5.91 Å². The SMILES string of the molecule is CS(=O)(=O)c1ccc(N2CCCN(C(=O)c3cccs3)CC2)cc1. The Morgan fingerprint density at radius 1 is 1.04 bits per heavy atom. The number of carbonyl (C=O) groups is 1. The molecule has 24 heavy (non-hydrogen) atoms. The maximum atomic E-state index is 12.5. The highest BCUT2D eigenvalue weighted by Gasteiger charge is 2.21. The Kier molecular flexibility index (Phi) is 4.91. The van der Waals surface area contributed by atoms with E-state index in [9.17, 15) is 13.2 Å². The highest BCUT2D eigenvalue weighted by atomic mass is 32.2. The molecule has 2 heterocycles. The minimum absolute atomic E-state index is 0.0966. The Balaban J connectivity index is 1.68. The average molecular weight is 364 g/mol. The van der Waals surface area contributed by atoms with E-state index in [4.69, 9.17) is 0 Å². The third-order valence-electron chi connectivity index (χ3n) is 4.15. The Hall–Kier alpha value is -1.86. The van der Waals surface area contributed by atoms with E-state index in [0.717, 1.165) is 36.6 Å². The Bertz CT molecular complexity index is 799. The van der Waals surface area contributed by atoms with E-state index in [1.54, 1.807) is 12.1 Å². The Morgan fingerprint density at radius 3 is 2.42 bits per heavy atom. The molecule has 1 saturated heterocycles. The van der Waals surface area contributed by atoms with Gasteiger partial charge in [0.1, 0.15) is 0 Å². The molecule has 0 atom stereocenters. The molecule has 0 spiro atoms. The zero-order chi connectivity index (χ0) is 17.2. The average Bonchev–Trinajstić information content (AvgIpc) is 2.98. The fourth-order valence-electron chi connectivity index (χ4n) is 2.84. The lowest BCUT2D eigenvalue weighted by molar-refractivity contribution is 0.0772. The number of benzene rings is 1. The molecule has 0 unspecified atom stereocenters. The summed E-state index contributed by atoms with van der Waals surface area (Å²) in [5.74, 6) is 0.0966. The summed E-state index contributed by atoms with van der Waals surface area (Å²) < 4.78 is 23.1. The van der Waals surface area contributed by atoms with Gasteiger partial charge in [-0.3, -0.25) is 4.79 Å². The van der Waals surface area contributed by atoms with Crippen LogP contribution >= 0.6 is 11.3 Å². The first-order valence-electron chi connectivity index (χ1n) is 7.83. The summed E-state index contributed by atoms with van der Waals surface area (Å²) in [4.78, 5) is 17.7. The van der Waals surface area contributed by atoms with Crippen molar-refractivity contribution in [3.8, 4) is 0 Å². The molecule has 1 aliphatic rings. The molecule has 3 rings (SSSR count). The maximum absolute atomic E-state index is 12.5. The first-order valence-corrected chi connectivity index (χ1v) is 10.6. The van der Waals surface area contributed by atoms with Crippen LogP contribution in [-0.2, 0) is 9.84 Å². The van der Waals surface area contributed by atoms with Gasteiger partial charge < -0.3 is 9.80 Å². The lowest BCUT2D eigenvalue weighted by Crippen LogP contribution is -2.34. The van der Waals surface area contributed by atoms with Gasteiger partial charge in [-0.25, -0.2) is 8.42 Å². The van der Waals surface area contributed by atoms with E-state index in [1.165, 1.54) is 17.6 Å². The molecule has 1 aromatic carbocycles. The lowest BCUT2D eigenvalue weighted by atomic mass is 10.2. The van der Waals surface area contributed by atoms with Gasteiger partial charge in [-0.2, -0.15) is 0 Å². The fraction of sp³-hybridized carbons (Fsp3) is 0.353. The molecule has 1 aromatic heterocycles. The van der Waals surface area contributed by atoms with Crippen molar-refractivity contribution in [3.05, 3.63) is 46.7 Å². The van der Waals surface area contributed by atoms with Gasteiger partial charge >= 0.3 is 0 Å². The summed E-state index contributed by atoms with van der Waals surface area (Å²) in [7, 11) is -3.17. The topological polar surface area (TPSA) is 57.7 Å². The molecule has 0 saturated carbocycles. The van der Waals surface area contributed by atoms with Crippen LogP contribution in [0.2, 0.25) is 0 Å². The van der Waals surface area contributed by atoms with Gasteiger partial charge in [0.15, 0.2) is 9.84 Å². The molecule has 0 radical (unpaired) electrons. The lowest BCUT2D eigenvalue weighted by Gasteiger charge is -2.23. The van der Waals surface area contributed by atoms with Gasteiger partial charge in [-0.15, -0.1) is 11.3 Å². The van der Waals surface area contributed by atoms with Crippen molar-refractivity contribution in [2.45, 2.75) is 11.3 Å². The number of nitrogens with zero attached hydrogens (tertiary/aromatic N) is 2. The quantitative estimate of drug-likeness (QED) is 0.840. The van der Waals surface area contributed by atoms with E-state index < -0.39 is 9.84 Å². The van der Waals surface area contributed by atoms with Crippen molar-refractivity contribution in [2.75, 3.05) is 37.3 Å². The van der Waals surface area contributed by atoms with Crippen LogP contribution in [0.4, 0.5) is 5.69 Å². The van der Waals surface area contributed by atoms with Crippen LogP contribution in [0.3, 0.4) is 0 Å². The van der Waals surface area contributed by atoms with Crippen LogP contribution in [-0.4, -0.2) is 51.7 Å². The van der Waals surface area contributed by atoms with Gasteiger partial charge in [-0.05, 0) is 42.1 Å². The molecular formula is C17H20N2O3S2. The molecule has 128 valence electrons. The third-order valence-corrected chi connectivity index (χ3v) is 6.13. The number of amides is 1. The first kappa shape index (κ1) is 17.0. The van der Waals surface area contributed by atoms with Crippen molar-refractivity contribution in [1.29, 1.82) is 0 Å². The zero-order valence-electron chi connectivity index (χ0n) is 13.5. The van der Waals surface area contributed by atoms with Crippen LogP contribution in [0.15, 0.2) is 46.7 Å². The van der Waals surface area contributed by atoms with E-state index in [2.05, 4.69) is 4.90 Å². The second-order valence-corrected chi connectivity index (χ2v) is 8.84. The molecule has 0 aliphatic carbocycles. The van der Waals surface area contributed by atoms with Crippen LogP contribution < -0.4 is 4.90 Å². The molecule has 7 heteroatoms. The van der Waals surface area contributed by atoms with Gasteiger partial charge in [0.2, 0.25) is 0 Å². The number of hydrogen-bond acceptors (Lipinski definition) is 5. The van der Waals surface area contributed by atoms with E-state index >= 15 is 0 Å². The zero-order valence-corrected chi connectivity index (χ0v) is 15.1. The summed E-state index contributed by atoms with van der Waals surface area (Å²) in [6.45, 7) is 3.01. The second kappa shape index (κ2) is 6.94. The molecule has 2 aromatic rings. The largest absolute Gasteiger partial charge is 0.370 e. The van der Waals surface area contributed by atoms with Crippen molar-refractivity contribution in [3.63, 3.8) is 0 Å². The summed E-state index contributed by atoms with van der Waals surface area (Å²) >= 11 is 1.47. The number of rotatable bonds is 3. The molecule has 1 amide bonds. The van der Waals surface area contributed by atoms with Crippen molar-refractivity contribution < 1.29 is 13.2 Å². The predicted molar refractivity (Wildman–Crippen MR) is 96.6 cm³/mol. The minimum atomic E-state index is -3.17. The second-order valence-electron chi connectivity index (χ2n) is 5.88. The van der Waals surface area contributed by atoms with Crippen LogP contribution in [0.1, 0.15) is 16.1 Å². The highest BCUT2D eigenvalue weighted by molar-refractivity contribution is 7.90. The summed E-state index contributed by atoms with van der Waals surface area (Å²) in [5, 5.41) is 1.92. The maximum Gasteiger partial charge on any atom is 0.263 e. The van der Waals surface area contributed by atoms with E-state index in [0.29, 0.717) is 11.4 Å². The number of thiophene rings is 1. The summed E-state index contributed by atoms with van der Waals surface area (Å²) in [5.41, 5.74) is 0.993. The Morgan fingerprint density at radius 2 is 1.79 bits per heavy atom. The van der Waals surface area contributed by atoms with E-state index in [1.807, 2.05) is 34.5 Å². The summed E-state index contributed by atoms with van der Waals surface area (Å²) in [6.07, 6.45) is 2.10. The van der Waals surface area contributed by atoms with Crippen molar-refractivity contribution in [2.24, 2.45) is 0 Å².